The fourth-order valence-electron chi connectivity index (χ4n) is 3.85. The minimum absolute atomic E-state index is 0.0748. The van der Waals surface area contributed by atoms with E-state index >= 15 is 0 Å². The van der Waals surface area contributed by atoms with Gasteiger partial charge in [0, 0.05) is 18.4 Å². The first-order chi connectivity index (χ1) is 12.7. The Morgan fingerprint density at radius 2 is 1.96 bits per heavy atom. The molecule has 1 aliphatic heterocycles. The summed E-state index contributed by atoms with van der Waals surface area (Å²) in [7, 11) is 0. The molecule has 1 atom stereocenters. The fraction of sp³-hybridized carbons (Fsp3) is 0.455. The fourth-order valence-corrected chi connectivity index (χ4v) is 3.85. The molecule has 0 unspecified atom stereocenters. The van der Waals surface area contributed by atoms with Crippen LogP contribution in [0.5, 0.6) is 0 Å². The van der Waals surface area contributed by atoms with Crippen molar-refractivity contribution in [2.24, 2.45) is 0 Å². The van der Waals surface area contributed by atoms with Crippen LogP contribution >= 0.6 is 0 Å². The molecule has 136 valence electrons. The summed E-state index contributed by atoms with van der Waals surface area (Å²) in [5.41, 5.74) is 4.55. The van der Waals surface area contributed by atoms with Gasteiger partial charge in [0.1, 0.15) is 0 Å². The van der Waals surface area contributed by atoms with Crippen LogP contribution in [-0.2, 0) is 11.3 Å². The maximum absolute atomic E-state index is 12.9. The van der Waals surface area contributed by atoms with E-state index in [1.165, 1.54) is 24.0 Å². The topological polar surface area (TPSA) is 45.2 Å². The number of nitrogens with zero attached hydrogens (tertiary/aromatic N) is 2. The van der Waals surface area contributed by atoms with Crippen LogP contribution in [0.25, 0.3) is 0 Å². The van der Waals surface area contributed by atoms with Gasteiger partial charge in [0.05, 0.1) is 11.7 Å². The quantitative estimate of drug-likeness (QED) is 0.877. The van der Waals surface area contributed by atoms with Gasteiger partial charge in [-0.1, -0.05) is 18.6 Å². The van der Waals surface area contributed by atoms with Gasteiger partial charge in [0.15, 0.2) is 0 Å². The first-order valence-electron chi connectivity index (χ1n) is 9.75. The summed E-state index contributed by atoms with van der Waals surface area (Å²) in [6.45, 7) is 3.77. The first kappa shape index (κ1) is 17.2. The molecule has 1 saturated carbocycles. The summed E-state index contributed by atoms with van der Waals surface area (Å²) in [6, 6.07) is 12.4. The van der Waals surface area contributed by atoms with Gasteiger partial charge in [-0.25, -0.2) is 0 Å². The lowest BCUT2D eigenvalue weighted by atomic mass is 10.0. The average molecular weight is 349 g/mol. The Hall–Kier alpha value is -2.20. The Labute approximate surface area is 155 Å². The summed E-state index contributed by atoms with van der Waals surface area (Å²) in [6.07, 6.45) is 7.62. The van der Waals surface area contributed by atoms with Gasteiger partial charge >= 0.3 is 0 Å². The van der Waals surface area contributed by atoms with Crippen LogP contribution in [0.4, 0.5) is 5.69 Å². The van der Waals surface area contributed by atoms with E-state index < -0.39 is 0 Å². The van der Waals surface area contributed by atoms with E-state index in [0.29, 0.717) is 0 Å². The smallest absolute Gasteiger partial charge is 0.241 e. The summed E-state index contributed by atoms with van der Waals surface area (Å²) < 4.78 is 0. The minimum Gasteiger partial charge on any atom is -0.325 e. The SMILES string of the molecule is Cc1ccnc(CN2CCCC[C@@H]2C(=O)Nc2ccc(C3CC3)cc2)c1. The van der Waals surface area contributed by atoms with Crippen molar-refractivity contribution in [2.45, 2.75) is 57.5 Å². The molecule has 2 aliphatic rings. The maximum atomic E-state index is 12.9. The largest absolute Gasteiger partial charge is 0.325 e. The lowest BCUT2D eigenvalue weighted by Crippen LogP contribution is -2.46. The van der Waals surface area contributed by atoms with Crippen molar-refractivity contribution in [3.05, 3.63) is 59.4 Å². The zero-order chi connectivity index (χ0) is 17.9. The number of likely N-dealkylation sites (tertiary alicyclic amines) is 1. The van der Waals surface area contributed by atoms with Crippen molar-refractivity contribution in [1.82, 2.24) is 9.88 Å². The molecule has 1 amide bonds. The van der Waals surface area contributed by atoms with E-state index in [1.54, 1.807) is 0 Å². The number of carbonyl (C=O) groups excluding carboxylic acids is 1. The molecular formula is C22H27N3O. The average Bonchev–Trinajstić information content (AvgIpc) is 3.48. The van der Waals surface area contributed by atoms with Crippen molar-refractivity contribution in [1.29, 1.82) is 0 Å². The molecule has 0 spiro atoms. The van der Waals surface area contributed by atoms with Crippen LogP contribution in [0.1, 0.15) is 54.8 Å². The Morgan fingerprint density at radius 3 is 2.69 bits per heavy atom. The number of amides is 1. The molecule has 1 saturated heterocycles. The summed E-state index contributed by atoms with van der Waals surface area (Å²) >= 11 is 0. The van der Waals surface area contributed by atoms with Gasteiger partial charge < -0.3 is 5.32 Å². The van der Waals surface area contributed by atoms with Crippen molar-refractivity contribution in [3.63, 3.8) is 0 Å². The Balaban J connectivity index is 1.42. The molecule has 4 rings (SSSR count). The highest BCUT2D eigenvalue weighted by atomic mass is 16.2. The zero-order valence-corrected chi connectivity index (χ0v) is 15.4. The van der Waals surface area contributed by atoms with E-state index in [4.69, 9.17) is 0 Å². The molecule has 1 N–H and O–H groups in total. The van der Waals surface area contributed by atoms with Crippen LogP contribution in [0.15, 0.2) is 42.6 Å². The van der Waals surface area contributed by atoms with Crippen molar-refractivity contribution < 1.29 is 4.79 Å². The molecule has 2 heterocycles. The molecule has 0 bridgehead atoms. The highest BCUT2D eigenvalue weighted by Crippen LogP contribution is 2.40. The molecule has 26 heavy (non-hydrogen) atoms. The summed E-state index contributed by atoms with van der Waals surface area (Å²) in [5.74, 6) is 0.854. The number of aryl methyl sites for hydroxylation is 1. The van der Waals surface area contributed by atoms with Gasteiger partial charge in [-0.15, -0.1) is 0 Å². The number of pyridine rings is 1. The van der Waals surface area contributed by atoms with Crippen molar-refractivity contribution >= 4 is 11.6 Å². The molecule has 1 aromatic carbocycles. The number of benzene rings is 1. The van der Waals surface area contributed by atoms with Gasteiger partial charge in [-0.3, -0.25) is 14.7 Å². The predicted octanol–water partition coefficient (Wildman–Crippen LogP) is 4.26. The number of rotatable bonds is 5. The molecular weight excluding hydrogens is 322 g/mol. The van der Waals surface area contributed by atoms with Crippen LogP contribution in [0, 0.1) is 6.92 Å². The van der Waals surface area contributed by atoms with Crippen LogP contribution in [0.3, 0.4) is 0 Å². The highest BCUT2D eigenvalue weighted by Gasteiger charge is 2.29. The van der Waals surface area contributed by atoms with Crippen LogP contribution in [-0.4, -0.2) is 28.4 Å². The van der Waals surface area contributed by atoms with Gasteiger partial charge in [-0.05, 0) is 80.5 Å². The van der Waals surface area contributed by atoms with E-state index in [1.807, 2.05) is 24.4 Å². The third-order valence-electron chi connectivity index (χ3n) is 5.48. The molecule has 1 aliphatic carbocycles. The minimum atomic E-state index is -0.0748. The number of anilines is 1. The second-order valence-electron chi connectivity index (χ2n) is 7.69. The second-order valence-corrected chi connectivity index (χ2v) is 7.69. The van der Waals surface area contributed by atoms with E-state index in [0.717, 1.165) is 49.7 Å². The van der Waals surface area contributed by atoms with Crippen molar-refractivity contribution in [2.75, 3.05) is 11.9 Å². The molecule has 0 radical (unpaired) electrons. The molecule has 1 aromatic heterocycles. The first-order valence-corrected chi connectivity index (χ1v) is 9.75. The molecule has 4 nitrogen and oxygen atoms in total. The van der Waals surface area contributed by atoms with Crippen LogP contribution < -0.4 is 5.32 Å². The number of hydrogen-bond donors (Lipinski definition) is 1. The molecule has 4 heteroatoms. The lowest BCUT2D eigenvalue weighted by molar-refractivity contribution is -0.122. The number of carbonyl (C=O) groups is 1. The third-order valence-corrected chi connectivity index (χ3v) is 5.48. The van der Waals surface area contributed by atoms with E-state index in [-0.39, 0.29) is 11.9 Å². The predicted molar refractivity (Wildman–Crippen MR) is 104 cm³/mol. The number of hydrogen-bond acceptors (Lipinski definition) is 3. The normalized spacial score (nSPS) is 20.7. The van der Waals surface area contributed by atoms with E-state index in [9.17, 15) is 4.79 Å². The van der Waals surface area contributed by atoms with Crippen molar-refractivity contribution in [3.8, 4) is 0 Å². The van der Waals surface area contributed by atoms with Gasteiger partial charge in [0.25, 0.3) is 0 Å². The Kier molecular flexibility index (Phi) is 5.02. The molecule has 2 fully saturated rings. The standard InChI is InChI=1S/C22H27N3O/c1-16-11-12-23-20(14-16)15-25-13-3-2-4-21(25)22(26)24-19-9-7-18(8-10-19)17-5-6-17/h7-12,14,17,21H,2-6,13,15H2,1H3,(H,24,26)/t21-/m1/s1. The highest BCUT2D eigenvalue weighted by molar-refractivity contribution is 5.94. The number of piperidine rings is 1. The van der Waals surface area contributed by atoms with Gasteiger partial charge in [-0.2, -0.15) is 0 Å². The monoisotopic (exact) mass is 349 g/mol. The second kappa shape index (κ2) is 7.58. The Morgan fingerprint density at radius 1 is 1.15 bits per heavy atom. The van der Waals surface area contributed by atoms with Crippen LogP contribution in [0.2, 0.25) is 0 Å². The van der Waals surface area contributed by atoms with E-state index in [2.05, 4.69) is 40.3 Å². The summed E-state index contributed by atoms with van der Waals surface area (Å²) in [5, 5.41) is 3.12. The maximum Gasteiger partial charge on any atom is 0.241 e. The van der Waals surface area contributed by atoms with Gasteiger partial charge in [0.2, 0.25) is 5.91 Å². The molecule has 2 aromatic rings. The Bertz CT molecular complexity index is 767. The number of aromatic nitrogens is 1. The number of nitrogens with one attached hydrogen (secondary N) is 1. The zero-order valence-electron chi connectivity index (χ0n) is 15.4. The third kappa shape index (κ3) is 4.13. The summed E-state index contributed by atoms with van der Waals surface area (Å²) in [4.78, 5) is 19.6. The lowest BCUT2D eigenvalue weighted by Gasteiger charge is -2.34.